The topological polar surface area (TPSA) is 15.3 Å². The molecule has 3 heteroatoms. The van der Waals surface area contributed by atoms with E-state index in [9.17, 15) is 0 Å². The highest BCUT2D eigenvalue weighted by atomic mass is 32.2. The van der Waals surface area contributed by atoms with Gasteiger partial charge in [-0.05, 0) is 0 Å². The van der Waals surface area contributed by atoms with Crippen LogP contribution >= 0.6 is 11.9 Å². The predicted octanol–water partition coefficient (Wildman–Crippen LogP) is 0.726. The van der Waals surface area contributed by atoms with E-state index in [0.717, 1.165) is 18.8 Å². The van der Waals surface area contributed by atoms with Crippen LogP contribution in [0.1, 0.15) is 0 Å². The lowest BCUT2D eigenvalue weighted by atomic mass is 10.4. The van der Waals surface area contributed by atoms with E-state index < -0.39 is 0 Å². The van der Waals surface area contributed by atoms with Gasteiger partial charge in [-0.3, -0.25) is 0 Å². The van der Waals surface area contributed by atoms with Gasteiger partial charge in [0.1, 0.15) is 0 Å². The lowest BCUT2D eigenvalue weighted by Crippen LogP contribution is -2.39. The zero-order valence-electron chi connectivity index (χ0n) is 6.18. The highest BCUT2D eigenvalue weighted by Gasteiger charge is 2.07. The fraction of sp³-hybridized carbons (Fsp3) is 0.714. The molecule has 10 heavy (non-hydrogen) atoms. The summed E-state index contributed by atoms with van der Waals surface area (Å²) in [6, 6.07) is 0. The number of hydrogen-bond donors (Lipinski definition) is 1. The molecule has 0 bridgehead atoms. The maximum atomic E-state index is 3.68. The summed E-state index contributed by atoms with van der Waals surface area (Å²) in [4.78, 5) is 0. The minimum atomic E-state index is 1.04. The molecule has 1 rings (SSSR count). The normalized spacial score (nSPS) is 20.8. The van der Waals surface area contributed by atoms with Gasteiger partial charge >= 0.3 is 0 Å². The Kier molecular flexibility index (Phi) is 3.87. The van der Waals surface area contributed by atoms with Crippen LogP contribution in [0, 0.1) is 0 Å². The Bertz CT molecular complexity index is 99.8. The van der Waals surface area contributed by atoms with Crippen molar-refractivity contribution in [2.45, 2.75) is 0 Å². The van der Waals surface area contributed by atoms with Crippen LogP contribution in [0.5, 0.6) is 0 Å². The van der Waals surface area contributed by atoms with Crippen LogP contribution in [0.4, 0.5) is 0 Å². The molecule has 1 aliphatic heterocycles. The first-order valence-corrected chi connectivity index (χ1v) is 4.57. The average Bonchev–Trinajstić information content (AvgIpc) is 2.03. The molecular weight excluding hydrogens is 144 g/mol. The minimum absolute atomic E-state index is 1.04. The zero-order valence-corrected chi connectivity index (χ0v) is 6.99. The van der Waals surface area contributed by atoms with E-state index in [4.69, 9.17) is 0 Å². The molecule has 0 spiro atoms. The summed E-state index contributed by atoms with van der Waals surface area (Å²) in [7, 11) is 0. The summed E-state index contributed by atoms with van der Waals surface area (Å²) in [5.41, 5.74) is 0. The van der Waals surface area contributed by atoms with Crippen molar-refractivity contribution in [2.75, 3.05) is 31.9 Å². The summed E-state index contributed by atoms with van der Waals surface area (Å²) in [5, 5.41) is 3.31. The monoisotopic (exact) mass is 158 g/mol. The first-order valence-electron chi connectivity index (χ1n) is 3.63. The summed E-state index contributed by atoms with van der Waals surface area (Å²) in [6.45, 7) is 8.27. The standard InChI is InChI=1S/C7H14N2S/c1-2-7-10-9-5-3-8-4-6-9/h2,8H,1,3-7H2. The molecule has 1 heterocycles. The lowest BCUT2D eigenvalue weighted by Gasteiger charge is -2.25. The third-order valence-electron chi connectivity index (χ3n) is 1.45. The number of hydrogen-bond acceptors (Lipinski definition) is 3. The van der Waals surface area contributed by atoms with E-state index in [-0.39, 0.29) is 0 Å². The van der Waals surface area contributed by atoms with Crippen molar-refractivity contribution >= 4 is 11.9 Å². The van der Waals surface area contributed by atoms with Gasteiger partial charge in [-0.15, -0.1) is 6.58 Å². The molecule has 58 valence electrons. The summed E-state index contributed by atoms with van der Waals surface area (Å²) >= 11 is 1.87. The Morgan fingerprint density at radius 1 is 1.50 bits per heavy atom. The smallest absolute Gasteiger partial charge is 0.0259 e. The molecule has 0 radical (unpaired) electrons. The quantitative estimate of drug-likeness (QED) is 0.481. The van der Waals surface area contributed by atoms with Gasteiger partial charge in [0.05, 0.1) is 0 Å². The molecule has 0 aromatic rings. The molecule has 0 unspecified atom stereocenters. The van der Waals surface area contributed by atoms with Gasteiger partial charge in [-0.2, -0.15) is 0 Å². The lowest BCUT2D eigenvalue weighted by molar-refractivity contribution is 0.397. The van der Waals surface area contributed by atoms with Crippen molar-refractivity contribution in [3.05, 3.63) is 12.7 Å². The van der Waals surface area contributed by atoms with Crippen molar-refractivity contribution in [2.24, 2.45) is 0 Å². The second-order valence-electron chi connectivity index (χ2n) is 2.26. The predicted molar refractivity (Wildman–Crippen MR) is 47.1 cm³/mol. The summed E-state index contributed by atoms with van der Waals surface area (Å²) < 4.78 is 2.39. The van der Waals surface area contributed by atoms with Crippen LogP contribution in [0.2, 0.25) is 0 Å². The van der Waals surface area contributed by atoms with Crippen molar-refractivity contribution in [1.29, 1.82) is 0 Å². The molecule has 1 aliphatic rings. The molecule has 0 aromatic carbocycles. The molecule has 2 nitrogen and oxygen atoms in total. The molecule has 0 saturated carbocycles. The van der Waals surface area contributed by atoms with Crippen molar-refractivity contribution in [1.82, 2.24) is 9.62 Å². The molecular formula is C7H14N2S. The second kappa shape index (κ2) is 4.77. The van der Waals surface area contributed by atoms with Crippen LogP contribution in [0.15, 0.2) is 12.7 Å². The van der Waals surface area contributed by atoms with E-state index in [1.807, 2.05) is 18.0 Å². The van der Waals surface area contributed by atoms with E-state index in [2.05, 4.69) is 16.2 Å². The Morgan fingerprint density at radius 3 is 2.80 bits per heavy atom. The summed E-state index contributed by atoms with van der Waals surface area (Å²) in [6.07, 6.45) is 1.95. The van der Waals surface area contributed by atoms with Gasteiger partial charge in [-0.25, -0.2) is 4.31 Å². The van der Waals surface area contributed by atoms with Crippen LogP contribution < -0.4 is 5.32 Å². The number of nitrogens with zero attached hydrogens (tertiary/aromatic N) is 1. The highest BCUT2D eigenvalue weighted by molar-refractivity contribution is 7.97. The third-order valence-corrected chi connectivity index (χ3v) is 2.57. The first-order chi connectivity index (χ1) is 4.93. The molecule has 1 N–H and O–H groups in total. The largest absolute Gasteiger partial charge is 0.314 e. The maximum Gasteiger partial charge on any atom is 0.0259 e. The van der Waals surface area contributed by atoms with Gasteiger partial charge < -0.3 is 5.32 Å². The fourth-order valence-corrected chi connectivity index (χ4v) is 1.69. The number of nitrogens with one attached hydrogen (secondary N) is 1. The van der Waals surface area contributed by atoms with Gasteiger partial charge in [0.25, 0.3) is 0 Å². The van der Waals surface area contributed by atoms with Gasteiger partial charge in [0.2, 0.25) is 0 Å². The first kappa shape index (κ1) is 8.11. The van der Waals surface area contributed by atoms with Crippen molar-refractivity contribution < 1.29 is 0 Å². The fourth-order valence-electron chi connectivity index (χ4n) is 0.932. The van der Waals surface area contributed by atoms with E-state index in [1.54, 1.807) is 0 Å². The van der Waals surface area contributed by atoms with E-state index in [1.165, 1.54) is 13.1 Å². The molecule has 1 saturated heterocycles. The van der Waals surface area contributed by atoms with Crippen molar-refractivity contribution in [3.8, 4) is 0 Å². The maximum absolute atomic E-state index is 3.68. The number of rotatable bonds is 3. The zero-order chi connectivity index (χ0) is 7.23. The van der Waals surface area contributed by atoms with Gasteiger partial charge in [-0.1, -0.05) is 18.0 Å². The third kappa shape index (κ3) is 2.73. The molecule has 1 fully saturated rings. The Labute approximate surface area is 66.8 Å². The minimum Gasteiger partial charge on any atom is -0.314 e. The summed E-state index contributed by atoms with van der Waals surface area (Å²) in [5.74, 6) is 1.04. The van der Waals surface area contributed by atoms with Gasteiger partial charge in [0, 0.05) is 31.9 Å². The van der Waals surface area contributed by atoms with Crippen LogP contribution in [0.25, 0.3) is 0 Å². The molecule has 0 aromatic heterocycles. The molecule has 0 aliphatic carbocycles. The Balaban J connectivity index is 2.07. The molecule has 0 atom stereocenters. The van der Waals surface area contributed by atoms with Crippen molar-refractivity contribution in [3.63, 3.8) is 0 Å². The van der Waals surface area contributed by atoms with Gasteiger partial charge in [0.15, 0.2) is 0 Å². The van der Waals surface area contributed by atoms with Crippen LogP contribution in [-0.4, -0.2) is 36.2 Å². The van der Waals surface area contributed by atoms with Crippen LogP contribution in [0.3, 0.4) is 0 Å². The Morgan fingerprint density at radius 2 is 2.20 bits per heavy atom. The van der Waals surface area contributed by atoms with E-state index in [0.29, 0.717) is 0 Å². The van der Waals surface area contributed by atoms with Crippen LogP contribution in [-0.2, 0) is 0 Å². The number of piperazine rings is 1. The Hall–Kier alpha value is 0.01000. The average molecular weight is 158 g/mol. The SMILES string of the molecule is C=CCSN1CCNCC1. The highest BCUT2D eigenvalue weighted by Crippen LogP contribution is 2.09. The van der Waals surface area contributed by atoms with E-state index >= 15 is 0 Å². The second-order valence-corrected chi connectivity index (χ2v) is 3.37. The molecule has 0 amide bonds.